The quantitative estimate of drug-likeness (QED) is 0.525. The summed E-state index contributed by atoms with van der Waals surface area (Å²) in [6, 6.07) is 9.39. The molecule has 0 aliphatic carbocycles. The third-order valence-corrected chi connectivity index (χ3v) is 6.79. The van der Waals surface area contributed by atoms with Crippen LogP contribution < -0.4 is 22.5 Å². The number of hydrogen-bond donors (Lipinski definition) is 3. The third-order valence-electron chi connectivity index (χ3n) is 6.79. The molecule has 1 aromatic heterocycles. The lowest BCUT2D eigenvalue weighted by atomic mass is 10.0. The summed E-state index contributed by atoms with van der Waals surface area (Å²) in [4.78, 5) is 47.7. The average Bonchev–Trinajstić information content (AvgIpc) is 2.85. The molecule has 2 aromatic rings. The SMILES string of the molecule is CC(C)(N)CC(=O)N1CCN(C(=O)Nc2ccn(-c3cccc(CN4CCC(N)CC4)c3)c(=O)n2)CC1. The van der Waals surface area contributed by atoms with E-state index in [0.29, 0.717) is 26.2 Å². The summed E-state index contributed by atoms with van der Waals surface area (Å²) in [5, 5.41) is 2.70. The fraction of sp³-hybridized carbons (Fsp3) is 0.538. The van der Waals surface area contributed by atoms with Crippen LogP contribution in [0.1, 0.15) is 38.7 Å². The second-order valence-electron chi connectivity index (χ2n) is 10.7. The first-order valence-corrected chi connectivity index (χ1v) is 12.9. The summed E-state index contributed by atoms with van der Waals surface area (Å²) >= 11 is 0. The van der Waals surface area contributed by atoms with Gasteiger partial charge in [-0.15, -0.1) is 0 Å². The Labute approximate surface area is 217 Å². The normalized spacial score (nSPS) is 17.6. The zero-order valence-corrected chi connectivity index (χ0v) is 21.7. The topological polar surface area (TPSA) is 143 Å². The molecule has 3 amide bonds. The van der Waals surface area contributed by atoms with Gasteiger partial charge in [0.2, 0.25) is 5.91 Å². The summed E-state index contributed by atoms with van der Waals surface area (Å²) in [6.07, 6.45) is 3.87. The number of carbonyl (C=O) groups excluding carboxylic acids is 2. The predicted molar refractivity (Wildman–Crippen MR) is 142 cm³/mol. The number of nitrogens with one attached hydrogen (secondary N) is 1. The van der Waals surface area contributed by atoms with Crippen LogP contribution in [0.15, 0.2) is 41.3 Å². The summed E-state index contributed by atoms with van der Waals surface area (Å²) in [5.41, 5.74) is 12.8. The Balaban J connectivity index is 1.33. The third kappa shape index (κ3) is 7.37. The Morgan fingerprint density at radius 2 is 1.73 bits per heavy atom. The maximum absolute atomic E-state index is 12.8. The predicted octanol–water partition coefficient (Wildman–Crippen LogP) is 0.959. The molecule has 37 heavy (non-hydrogen) atoms. The number of benzene rings is 1. The van der Waals surface area contributed by atoms with Crippen LogP contribution in [0.25, 0.3) is 5.69 Å². The molecular formula is C26H38N8O3. The highest BCUT2D eigenvalue weighted by atomic mass is 16.2. The Kier molecular flexibility index (Phi) is 8.25. The molecule has 0 saturated carbocycles. The number of piperazine rings is 1. The molecule has 11 heteroatoms. The van der Waals surface area contributed by atoms with Crippen LogP contribution in [-0.4, -0.2) is 87.0 Å². The highest BCUT2D eigenvalue weighted by Crippen LogP contribution is 2.16. The molecule has 2 aliphatic rings. The van der Waals surface area contributed by atoms with Gasteiger partial charge >= 0.3 is 11.7 Å². The molecule has 1 aromatic carbocycles. The lowest BCUT2D eigenvalue weighted by Crippen LogP contribution is -2.53. The number of piperidine rings is 1. The highest BCUT2D eigenvalue weighted by molar-refractivity contribution is 5.88. The smallest absolute Gasteiger partial charge is 0.339 e. The van der Waals surface area contributed by atoms with Gasteiger partial charge in [0.1, 0.15) is 5.82 Å². The van der Waals surface area contributed by atoms with Crippen molar-refractivity contribution in [1.82, 2.24) is 24.3 Å². The lowest BCUT2D eigenvalue weighted by molar-refractivity contribution is -0.133. The van der Waals surface area contributed by atoms with Crippen LogP contribution in [0.5, 0.6) is 0 Å². The number of anilines is 1. The molecule has 0 spiro atoms. The van der Waals surface area contributed by atoms with E-state index >= 15 is 0 Å². The summed E-state index contributed by atoms with van der Waals surface area (Å²) in [6.45, 7) is 8.06. The Morgan fingerprint density at radius 3 is 2.38 bits per heavy atom. The van der Waals surface area contributed by atoms with Crippen molar-refractivity contribution in [3.8, 4) is 5.69 Å². The molecule has 2 fully saturated rings. The second kappa shape index (κ2) is 11.4. The van der Waals surface area contributed by atoms with Crippen molar-refractivity contribution in [2.45, 2.75) is 51.2 Å². The first-order chi connectivity index (χ1) is 17.6. The fourth-order valence-electron chi connectivity index (χ4n) is 4.69. The molecule has 0 bridgehead atoms. The lowest BCUT2D eigenvalue weighted by Gasteiger charge is -2.35. The zero-order valence-electron chi connectivity index (χ0n) is 21.7. The van der Waals surface area contributed by atoms with Crippen molar-refractivity contribution >= 4 is 17.8 Å². The van der Waals surface area contributed by atoms with Crippen molar-refractivity contribution < 1.29 is 9.59 Å². The van der Waals surface area contributed by atoms with Crippen LogP contribution in [-0.2, 0) is 11.3 Å². The second-order valence-corrected chi connectivity index (χ2v) is 10.7. The van der Waals surface area contributed by atoms with Crippen LogP contribution in [0.2, 0.25) is 0 Å². The number of nitrogens with two attached hydrogens (primary N) is 2. The molecule has 0 radical (unpaired) electrons. The summed E-state index contributed by atoms with van der Waals surface area (Å²) in [5.74, 6) is 0.178. The molecular weight excluding hydrogens is 472 g/mol. The maximum atomic E-state index is 12.8. The van der Waals surface area contributed by atoms with Gasteiger partial charge in [-0.25, -0.2) is 9.59 Å². The van der Waals surface area contributed by atoms with Gasteiger partial charge in [-0.05, 0) is 63.5 Å². The van der Waals surface area contributed by atoms with E-state index in [2.05, 4.69) is 21.3 Å². The minimum absolute atomic E-state index is 0.0120. The number of urea groups is 1. The molecule has 2 saturated heterocycles. The van der Waals surface area contributed by atoms with Crippen LogP contribution in [0, 0.1) is 0 Å². The molecule has 0 atom stereocenters. The zero-order chi connectivity index (χ0) is 26.6. The molecule has 4 rings (SSSR count). The Bertz CT molecular complexity index is 1160. The summed E-state index contributed by atoms with van der Waals surface area (Å²) in [7, 11) is 0. The molecule has 200 valence electrons. The van der Waals surface area contributed by atoms with E-state index in [4.69, 9.17) is 11.5 Å². The number of aromatic nitrogens is 2. The molecule has 0 unspecified atom stereocenters. The molecule has 3 heterocycles. The van der Waals surface area contributed by atoms with E-state index < -0.39 is 11.2 Å². The first kappa shape index (κ1) is 26.8. The van der Waals surface area contributed by atoms with Gasteiger partial charge in [-0.1, -0.05) is 12.1 Å². The van der Waals surface area contributed by atoms with Crippen molar-refractivity contribution in [3.05, 3.63) is 52.6 Å². The van der Waals surface area contributed by atoms with E-state index in [9.17, 15) is 14.4 Å². The van der Waals surface area contributed by atoms with Crippen molar-refractivity contribution in [1.29, 1.82) is 0 Å². The van der Waals surface area contributed by atoms with E-state index in [1.165, 1.54) is 4.57 Å². The summed E-state index contributed by atoms with van der Waals surface area (Å²) < 4.78 is 1.47. The van der Waals surface area contributed by atoms with Gasteiger partial charge < -0.3 is 21.3 Å². The minimum atomic E-state index is -0.569. The van der Waals surface area contributed by atoms with Gasteiger partial charge in [0.15, 0.2) is 0 Å². The van der Waals surface area contributed by atoms with E-state index in [0.717, 1.165) is 43.7 Å². The fourth-order valence-corrected chi connectivity index (χ4v) is 4.69. The largest absolute Gasteiger partial charge is 0.354 e. The monoisotopic (exact) mass is 510 g/mol. The first-order valence-electron chi connectivity index (χ1n) is 12.9. The standard InChI is InChI=1S/C26H38N8O3/c1-26(2,28)17-23(35)32-12-14-33(15-13-32)24(36)29-22-8-11-34(25(37)30-22)21-5-3-4-19(16-21)18-31-9-6-20(27)7-10-31/h3-5,8,11,16,20H,6-7,9-10,12-15,17-18,27-28H2,1-2H3,(H,29,30,36,37). The maximum Gasteiger partial charge on any atom is 0.354 e. The molecule has 5 N–H and O–H groups in total. The number of hydrogen-bond acceptors (Lipinski definition) is 7. The van der Waals surface area contributed by atoms with Gasteiger partial charge in [-0.2, -0.15) is 4.98 Å². The van der Waals surface area contributed by atoms with E-state index in [1.54, 1.807) is 22.1 Å². The minimum Gasteiger partial charge on any atom is -0.339 e. The van der Waals surface area contributed by atoms with E-state index in [1.807, 2.05) is 32.0 Å². The van der Waals surface area contributed by atoms with E-state index in [-0.39, 0.29) is 30.2 Å². The number of carbonyl (C=O) groups is 2. The molecule has 2 aliphatic heterocycles. The number of amides is 3. The van der Waals surface area contributed by atoms with Crippen LogP contribution in [0.4, 0.5) is 10.6 Å². The Morgan fingerprint density at radius 1 is 1.05 bits per heavy atom. The van der Waals surface area contributed by atoms with Gasteiger partial charge in [-0.3, -0.25) is 19.6 Å². The highest BCUT2D eigenvalue weighted by Gasteiger charge is 2.27. The number of likely N-dealkylation sites (tertiary alicyclic amines) is 1. The number of rotatable bonds is 6. The van der Waals surface area contributed by atoms with Crippen molar-refractivity contribution in [3.63, 3.8) is 0 Å². The van der Waals surface area contributed by atoms with Crippen LogP contribution >= 0.6 is 0 Å². The van der Waals surface area contributed by atoms with Gasteiger partial charge in [0, 0.05) is 56.9 Å². The number of nitrogens with zero attached hydrogens (tertiary/aromatic N) is 5. The Hall–Kier alpha value is -3.28. The van der Waals surface area contributed by atoms with Crippen molar-refractivity contribution in [2.75, 3.05) is 44.6 Å². The molecule has 11 nitrogen and oxygen atoms in total. The van der Waals surface area contributed by atoms with Crippen LogP contribution in [0.3, 0.4) is 0 Å². The van der Waals surface area contributed by atoms with Gasteiger partial charge in [0.05, 0.1) is 5.69 Å². The van der Waals surface area contributed by atoms with Gasteiger partial charge in [0.25, 0.3) is 0 Å². The van der Waals surface area contributed by atoms with Crippen molar-refractivity contribution in [2.24, 2.45) is 11.5 Å². The average molecular weight is 511 g/mol.